The Morgan fingerprint density at radius 3 is 2.65 bits per heavy atom. The van der Waals surface area contributed by atoms with E-state index in [4.69, 9.17) is 0 Å². The third-order valence-electron chi connectivity index (χ3n) is 3.75. The van der Waals surface area contributed by atoms with Crippen molar-refractivity contribution in [2.75, 3.05) is 31.7 Å². The van der Waals surface area contributed by atoms with Gasteiger partial charge in [-0.25, -0.2) is 4.98 Å². The standard InChI is InChI=1S/C18H19F3N4S/c1-25(2)9-10-26-12-7-8-15-16(11-12)24-17(23-15)22-14-6-4-3-5-13(14)18(19,20)21/h3-8,11H,9-10H2,1-2H3,(H2,22,23,24). The molecule has 3 aromatic rings. The fourth-order valence-electron chi connectivity index (χ4n) is 2.45. The lowest BCUT2D eigenvalue weighted by Crippen LogP contribution is -2.14. The van der Waals surface area contributed by atoms with E-state index in [1.807, 2.05) is 32.3 Å². The Hall–Kier alpha value is -2.19. The highest BCUT2D eigenvalue weighted by atomic mass is 32.2. The molecule has 8 heteroatoms. The Morgan fingerprint density at radius 2 is 1.92 bits per heavy atom. The molecule has 0 fully saturated rings. The van der Waals surface area contributed by atoms with Crippen LogP contribution in [-0.4, -0.2) is 41.3 Å². The van der Waals surface area contributed by atoms with Crippen LogP contribution < -0.4 is 5.32 Å². The van der Waals surface area contributed by atoms with Crippen molar-refractivity contribution in [2.45, 2.75) is 11.1 Å². The lowest BCUT2D eigenvalue weighted by Gasteiger charge is -2.12. The number of thioether (sulfide) groups is 1. The minimum atomic E-state index is -4.42. The zero-order chi connectivity index (χ0) is 18.7. The van der Waals surface area contributed by atoms with E-state index in [0.29, 0.717) is 5.52 Å². The van der Waals surface area contributed by atoms with Crippen LogP contribution in [0.1, 0.15) is 5.56 Å². The highest BCUT2D eigenvalue weighted by molar-refractivity contribution is 7.99. The maximum absolute atomic E-state index is 13.1. The van der Waals surface area contributed by atoms with Gasteiger partial charge in [0, 0.05) is 17.2 Å². The fraction of sp³-hybridized carbons (Fsp3) is 0.278. The molecule has 26 heavy (non-hydrogen) atoms. The van der Waals surface area contributed by atoms with Gasteiger partial charge < -0.3 is 15.2 Å². The van der Waals surface area contributed by atoms with Crippen LogP contribution in [0.4, 0.5) is 24.8 Å². The summed E-state index contributed by atoms with van der Waals surface area (Å²) in [5, 5.41) is 2.75. The number of hydrogen-bond acceptors (Lipinski definition) is 4. The van der Waals surface area contributed by atoms with Crippen molar-refractivity contribution in [3.05, 3.63) is 48.0 Å². The molecule has 0 amide bonds. The van der Waals surface area contributed by atoms with Crippen LogP contribution in [0.3, 0.4) is 0 Å². The summed E-state index contributed by atoms with van der Waals surface area (Å²) in [5.41, 5.74) is 0.737. The topological polar surface area (TPSA) is 44.0 Å². The lowest BCUT2D eigenvalue weighted by molar-refractivity contribution is -0.136. The number of rotatable bonds is 6. The highest BCUT2D eigenvalue weighted by Crippen LogP contribution is 2.35. The molecule has 0 bridgehead atoms. The SMILES string of the molecule is CN(C)CCSc1ccc2nc(Nc3ccccc3C(F)(F)F)[nH]c2c1. The average Bonchev–Trinajstić information content (AvgIpc) is 2.95. The van der Waals surface area contributed by atoms with Crippen molar-refractivity contribution in [1.82, 2.24) is 14.9 Å². The zero-order valence-corrected chi connectivity index (χ0v) is 15.2. The van der Waals surface area contributed by atoms with E-state index in [0.717, 1.165) is 28.8 Å². The molecule has 3 rings (SSSR count). The molecule has 0 atom stereocenters. The molecule has 0 unspecified atom stereocenters. The predicted octanol–water partition coefficient (Wildman–Crippen LogP) is 4.98. The summed E-state index contributed by atoms with van der Waals surface area (Å²) < 4.78 is 39.3. The van der Waals surface area contributed by atoms with Gasteiger partial charge in [-0.2, -0.15) is 13.2 Å². The number of hydrogen-bond donors (Lipinski definition) is 2. The van der Waals surface area contributed by atoms with Gasteiger partial charge in [-0.1, -0.05) is 12.1 Å². The number of para-hydroxylation sites is 1. The third kappa shape index (κ3) is 4.50. The minimum Gasteiger partial charge on any atom is -0.325 e. The van der Waals surface area contributed by atoms with Crippen LogP contribution in [0.2, 0.25) is 0 Å². The Bertz CT molecular complexity index is 890. The molecule has 1 heterocycles. The van der Waals surface area contributed by atoms with Gasteiger partial charge >= 0.3 is 6.18 Å². The summed E-state index contributed by atoms with van der Waals surface area (Å²) in [6.45, 7) is 0.965. The van der Waals surface area contributed by atoms with E-state index in [2.05, 4.69) is 20.2 Å². The van der Waals surface area contributed by atoms with Gasteiger partial charge in [0.2, 0.25) is 5.95 Å². The largest absolute Gasteiger partial charge is 0.418 e. The Labute approximate surface area is 153 Å². The number of halogens is 3. The number of anilines is 2. The lowest BCUT2D eigenvalue weighted by atomic mass is 10.1. The summed E-state index contributed by atoms with van der Waals surface area (Å²) in [6.07, 6.45) is -4.42. The number of nitrogens with one attached hydrogen (secondary N) is 2. The number of fused-ring (bicyclic) bond motifs is 1. The van der Waals surface area contributed by atoms with E-state index >= 15 is 0 Å². The van der Waals surface area contributed by atoms with Crippen LogP contribution in [0.15, 0.2) is 47.4 Å². The van der Waals surface area contributed by atoms with Gasteiger partial charge in [0.1, 0.15) is 0 Å². The number of aromatic amines is 1. The molecule has 2 N–H and O–H groups in total. The molecule has 0 aliphatic rings. The molecule has 0 radical (unpaired) electrons. The molecule has 0 aliphatic heterocycles. The van der Waals surface area contributed by atoms with Gasteiger partial charge in [0.25, 0.3) is 0 Å². The molecule has 4 nitrogen and oxygen atoms in total. The number of imidazole rings is 1. The molecule has 0 saturated heterocycles. The molecular formula is C18H19F3N4S. The average molecular weight is 380 g/mol. The Morgan fingerprint density at radius 1 is 1.15 bits per heavy atom. The summed E-state index contributed by atoms with van der Waals surface area (Å²) >= 11 is 1.72. The van der Waals surface area contributed by atoms with Crippen LogP contribution in [0.25, 0.3) is 11.0 Å². The maximum atomic E-state index is 13.1. The number of H-pyrrole nitrogens is 1. The van der Waals surface area contributed by atoms with Crippen molar-refractivity contribution in [1.29, 1.82) is 0 Å². The van der Waals surface area contributed by atoms with E-state index in [1.165, 1.54) is 12.1 Å². The van der Waals surface area contributed by atoms with Crippen LogP contribution >= 0.6 is 11.8 Å². The molecular weight excluding hydrogens is 361 g/mol. The van der Waals surface area contributed by atoms with Crippen molar-refractivity contribution in [2.24, 2.45) is 0 Å². The number of nitrogens with zero attached hydrogens (tertiary/aromatic N) is 2. The molecule has 0 spiro atoms. The van der Waals surface area contributed by atoms with Crippen LogP contribution in [-0.2, 0) is 6.18 Å². The summed E-state index contributed by atoms with van der Waals surface area (Å²) in [4.78, 5) is 10.6. The van der Waals surface area contributed by atoms with Crippen molar-refractivity contribution < 1.29 is 13.2 Å². The predicted molar refractivity (Wildman–Crippen MR) is 100 cm³/mol. The smallest absolute Gasteiger partial charge is 0.325 e. The first-order valence-corrected chi connectivity index (χ1v) is 9.02. The van der Waals surface area contributed by atoms with Gasteiger partial charge in [-0.3, -0.25) is 0 Å². The van der Waals surface area contributed by atoms with Crippen molar-refractivity contribution in [3.8, 4) is 0 Å². The first-order chi connectivity index (χ1) is 12.3. The fourth-order valence-corrected chi connectivity index (χ4v) is 3.51. The van der Waals surface area contributed by atoms with Gasteiger partial charge in [-0.15, -0.1) is 11.8 Å². The Kier molecular flexibility index (Phi) is 5.43. The quantitative estimate of drug-likeness (QED) is 0.592. The number of benzene rings is 2. The first-order valence-electron chi connectivity index (χ1n) is 8.03. The second-order valence-electron chi connectivity index (χ2n) is 6.08. The van der Waals surface area contributed by atoms with Crippen LogP contribution in [0, 0.1) is 0 Å². The minimum absolute atomic E-state index is 0.0281. The van der Waals surface area contributed by atoms with Crippen molar-refractivity contribution >= 4 is 34.4 Å². The second kappa shape index (κ2) is 7.59. The molecule has 0 saturated carbocycles. The molecule has 1 aromatic heterocycles. The Balaban J connectivity index is 1.80. The molecule has 2 aromatic carbocycles. The second-order valence-corrected chi connectivity index (χ2v) is 7.25. The maximum Gasteiger partial charge on any atom is 0.418 e. The molecule has 138 valence electrons. The van der Waals surface area contributed by atoms with E-state index < -0.39 is 11.7 Å². The van der Waals surface area contributed by atoms with Crippen LogP contribution in [0.5, 0.6) is 0 Å². The summed E-state index contributed by atoms with van der Waals surface area (Å²) in [6, 6.07) is 11.2. The first kappa shape index (κ1) is 18.6. The summed E-state index contributed by atoms with van der Waals surface area (Å²) in [7, 11) is 4.05. The molecule has 0 aliphatic carbocycles. The van der Waals surface area contributed by atoms with Crippen molar-refractivity contribution in [3.63, 3.8) is 0 Å². The van der Waals surface area contributed by atoms with Gasteiger partial charge in [0.05, 0.1) is 22.3 Å². The number of aromatic nitrogens is 2. The van der Waals surface area contributed by atoms with Gasteiger partial charge in [0.15, 0.2) is 0 Å². The van der Waals surface area contributed by atoms with E-state index in [9.17, 15) is 13.2 Å². The van der Waals surface area contributed by atoms with Gasteiger partial charge in [-0.05, 0) is 44.4 Å². The number of alkyl halides is 3. The third-order valence-corrected chi connectivity index (χ3v) is 4.72. The van der Waals surface area contributed by atoms with E-state index in [1.54, 1.807) is 17.8 Å². The van der Waals surface area contributed by atoms with E-state index in [-0.39, 0.29) is 11.6 Å². The summed E-state index contributed by atoms with van der Waals surface area (Å²) in [5.74, 6) is 1.24. The highest BCUT2D eigenvalue weighted by Gasteiger charge is 2.33. The zero-order valence-electron chi connectivity index (χ0n) is 14.4. The monoisotopic (exact) mass is 380 g/mol. The normalized spacial score (nSPS) is 12.1.